The lowest BCUT2D eigenvalue weighted by atomic mass is 9.98. The Labute approximate surface area is 271 Å². The van der Waals surface area contributed by atoms with E-state index in [2.05, 4.69) is 15.3 Å². The molecule has 0 spiro atoms. The van der Waals surface area contributed by atoms with Gasteiger partial charge in [0.15, 0.2) is 18.1 Å². The summed E-state index contributed by atoms with van der Waals surface area (Å²) in [4.78, 5) is 29.4. The SMILES string of the molecule is CC1(C)O[C@@H]2[C@@H](N=[N+]=[N-])[C@@H](OC[C@H](NC(=O)OCC3c4ccccc4-c4ccccc43)C(=O)OCc3ccccc3)O[C@H](CO)[C@@H]2O1. The minimum atomic E-state index is -1.33. The van der Waals surface area contributed by atoms with Crippen molar-refractivity contribution >= 4 is 12.1 Å². The van der Waals surface area contributed by atoms with E-state index < -0.39 is 67.7 Å². The summed E-state index contributed by atoms with van der Waals surface area (Å²) < 4.78 is 34.9. The molecule has 0 radical (unpaired) electrons. The number of amides is 1. The topological polar surface area (TPSA) is 171 Å². The molecule has 2 aliphatic heterocycles. The molecule has 13 heteroatoms. The number of nitrogens with one attached hydrogen (secondary N) is 1. The molecule has 0 saturated carbocycles. The van der Waals surface area contributed by atoms with Gasteiger partial charge in [-0.05, 0) is 47.2 Å². The highest BCUT2D eigenvalue weighted by molar-refractivity contribution is 5.82. The van der Waals surface area contributed by atoms with Gasteiger partial charge < -0.3 is 38.8 Å². The second-order valence-corrected chi connectivity index (χ2v) is 11.9. The van der Waals surface area contributed by atoms with Gasteiger partial charge in [-0.2, -0.15) is 0 Å². The predicted octanol–water partition coefficient (Wildman–Crippen LogP) is 4.57. The number of fused-ring (bicyclic) bond motifs is 4. The van der Waals surface area contributed by atoms with Crippen molar-refractivity contribution in [2.24, 2.45) is 5.11 Å². The predicted molar refractivity (Wildman–Crippen MR) is 167 cm³/mol. The maximum Gasteiger partial charge on any atom is 0.407 e. The van der Waals surface area contributed by atoms with Crippen LogP contribution < -0.4 is 5.32 Å². The number of carbonyl (C=O) groups is 2. The average molecular weight is 645 g/mol. The molecule has 6 atom stereocenters. The Morgan fingerprint density at radius 2 is 1.60 bits per heavy atom. The van der Waals surface area contributed by atoms with Crippen LogP contribution in [0.5, 0.6) is 0 Å². The van der Waals surface area contributed by atoms with E-state index in [-0.39, 0.29) is 19.1 Å². The van der Waals surface area contributed by atoms with Crippen LogP contribution in [0.25, 0.3) is 21.6 Å². The van der Waals surface area contributed by atoms with Gasteiger partial charge in [-0.3, -0.25) is 0 Å². The summed E-state index contributed by atoms with van der Waals surface area (Å²) in [5.74, 6) is -1.99. The van der Waals surface area contributed by atoms with Crippen LogP contribution in [0.1, 0.15) is 36.5 Å². The maximum atomic E-state index is 13.3. The zero-order valence-corrected chi connectivity index (χ0v) is 25.9. The van der Waals surface area contributed by atoms with Gasteiger partial charge in [0.25, 0.3) is 0 Å². The van der Waals surface area contributed by atoms with Crippen LogP contribution in [0.3, 0.4) is 0 Å². The summed E-state index contributed by atoms with van der Waals surface area (Å²) >= 11 is 0. The largest absolute Gasteiger partial charge is 0.459 e. The van der Waals surface area contributed by atoms with Gasteiger partial charge in [-0.15, -0.1) is 0 Å². The van der Waals surface area contributed by atoms with E-state index in [1.807, 2.05) is 66.7 Å². The van der Waals surface area contributed by atoms with E-state index in [0.717, 1.165) is 27.8 Å². The van der Waals surface area contributed by atoms with Gasteiger partial charge in [0.05, 0.1) is 13.2 Å². The Balaban J connectivity index is 1.15. The number of alkyl carbamates (subject to hydrolysis) is 1. The lowest BCUT2D eigenvalue weighted by molar-refractivity contribution is -0.247. The number of benzene rings is 3. The smallest absolute Gasteiger partial charge is 0.407 e. The molecule has 1 aliphatic carbocycles. The normalized spacial score (nSPS) is 24.6. The zero-order chi connectivity index (χ0) is 33.0. The van der Waals surface area contributed by atoms with Gasteiger partial charge >= 0.3 is 12.1 Å². The van der Waals surface area contributed by atoms with Gasteiger partial charge in [0.2, 0.25) is 0 Å². The van der Waals surface area contributed by atoms with Crippen molar-refractivity contribution in [2.45, 2.75) is 68.8 Å². The summed E-state index contributed by atoms with van der Waals surface area (Å²) in [6.45, 7) is 2.52. The molecule has 13 nitrogen and oxygen atoms in total. The number of rotatable bonds is 11. The van der Waals surface area contributed by atoms with Crippen LogP contribution in [-0.4, -0.2) is 79.5 Å². The van der Waals surface area contributed by atoms with Crippen molar-refractivity contribution in [3.8, 4) is 11.1 Å². The Bertz CT molecular complexity index is 1590. The summed E-state index contributed by atoms with van der Waals surface area (Å²) in [6, 6.07) is 22.6. The molecular weight excluding hydrogens is 608 g/mol. The first-order valence-corrected chi connectivity index (χ1v) is 15.4. The molecule has 2 saturated heterocycles. The number of nitrogens with zero attached hydrogens (tertiary/aromatic N) is 3. The molecule has 1 amide bonds. The molecule has 0 bridgehead atoms. The Hall–Kier alpha value is -4.49. The average Bonchev–Trinajstić information content (AvgIpc) is 3.59. The molecule has 3 aromatic carbocycles. The first kappa shape index (κ1) is 32.5. The minimum absolute atomic E-state index is 0.0333. The molecule has 2 heterocycles. The molecule has 3 aromatic rings. The van der Waals surface area contributed by atoms with E-state index in [4.69, 9.17) is 28.4 Å². The van der Waals surface area contributed by atoms with Crippen molar-refractivity contribution in [3.63, 3.8) is 0 Å². The fraction of sp³-hybridized carbons (Fsp3) is 0.412. The summed E-state index contributed by atoms with van der Waals surface area (Å²) in [7, 11) is 0. The highest BCUT2D eigenvalue weighted by atomic mass is 16.8. The lowest BCUT2D eigenvalue weighted by Crippen LogP contribution is -2.58. The maximum absolute atomic E-state index is 13.3. The van der Waals surface area contributed by atoms with Crippen LogP contribution in [0.4, 0.5) is 4.79 Å². The lowest BCUT2D eigenvalue weighted by Gasteiger charge is -2.39. The zero-order valence-electron chi connectivity index (χ0n) is 25.9. The van der Waals surface area contributed by atoms with Gasteiger partial charge in [-0.25, -0.2) is 9.59 Å². The number of aliphatic hydroxyl groups is 1. The first-order valence-electron chi connectivity index (χ1n) is 15.4. The number of hydrogen-bond acceptors (Lipinski definition) is 10. The molecule has 6 rings (SSSR count). The van der Waals surface area contributed by atoms with E-state index in [9.17, 15) is 20.2 Å². The fourth-order valence-electron chi connectivity index (χ4n) is 6.29. The molecule has 246 valence electrons. The van der Waals surface area contributed by atoms with Crippen molar-refractivity contribution in [3.05, 3.63) is 106 Å². The van der Waals surface area contributed by atoms with Crippen molar-refractivity contribution in [2.75, 3.05) is 19.8 Å². The molecule has 2 N–H and O–H groups in total. The van der Waals surface area contributed by atoms with Gasteiger partial charge in [-0.1, -0.05) is 84.0 Å². The fourth-order valence-corrected chi connectivity index (χ4v) is 6.29. The second-order valence-electron chi connectivity index (χ2n) is 11.9. The number of aliphatic hydroxyl groups excluding tert-OH is 1. The minimum Gasteiger partial charge on any atom is -0.459 e. The van der Waals surface area contributed by atoms with Crippen LogP contribution in [0.15, 0.2) is 84.0 Å². The summed E-state index contributed by atoms with van der Waals surface area (Å²) in [5.41, 5.74) is 14.3. The molecular formula is C34H36N4O9. The van der Waals surface area contributed by atoms with Crippen LogP contribution >= 0.6 is 0 Å². The first-order chi connectivity index (χ1) is 22.8. The van der Waals surface area contributed by atoms with Crippen molar-refractivity contribution in [1.29, 1.82) is 0 Å². The van der Waals surface area contributed by atoms with Gasteiger partial charge in [0.1, 0.15) is 37.6 Å². The van der Waals surface area contributed by atoms with E-state index in [1.165, 1.54) is 0 Å². The third kappa shape index (κ3) is 7.10. The van der Waals surface area contributed by atoms with E-state index in [0.29, 0.717) is 0 Å². The van der Waals surface area contributed by atoms with Gasteiger partial charge in [0, 0.05) is 10.8 Å². The molecule has 0 aromatic heterocycles. The number of ether oxygens (including phenoxy) is 6. The number of esters is 1. The number of carbonyl (C=O) groups excluding carboxylic acids is 2. The van der Waals surface area contributed by atoms with Crippen LogP contribution in [0, 0.1) is 0 Å². The Morgan fingerprint density at radius 3 is 2.26 bits per heavy atom. The quantitative estimate of drug-likeness (QED) is 0.131. The number of hydrogen-bond donors (Lipinski definition) is 2. The highest BCUT2D eigenvalue weighted by Gasteiger charge is 2.55. The molecule has 2 fully saturated rings. The standard InChI is InChI=1S/C34H36N4O9/c1-34(2)46-29-27(16-39)45-32(28(37-38-35)30(29)47-34)43-19-26(31(40)42-17-20-10-4-3-5-11-20)36-33(41)44-18-25-23-14-8-6-12-21(23)22-13-7-9-15-24(22)25/h3-15,25-30,32,39H,16-19H2,1-2H3,(H,36,41)/t26-,27+,28+,29-,30+,32-/m0/s1. The Morgan fingerprint density at radius 1 is 0.957 bits per heavy atom. The summed E-state index contributed by atoms with van der Waals surface area (Å²) in [5, 5.41) is 16.4. The van der Waals surface area contributed by atoms with Crippen molar-refractivity contribution < 1.29 is 43.1 Å². The highest BCUT2D eigenvalue weighted by Crippen LogP contribution is 2.44. The van der Waals surface area contributed by atoms with Crippen molar-refractivity contribution in [1.82, 2.24) is 5.32 Å². The summed E-state index contributed by atoms with van der Waals surface area (Å²) in [6.07, 6.45) is -4.48. The van der Waals surface area contributed by atoms with Crippen LogP contribution in [0.2, 0.25) is 0 Å². The van der Waals surface area contributed by atoms with Crippen LogP contribution in [-0.2, 0) is 39.8 Å². The second kappa shape index (κ2) is 14.1. The third-order valence-corrected chi connectivity index (χ3v) is 8.39. The molecule has 0 unspecified atom stereocenters. The Kier molecular flexibility index (Phi) is 9.73. The monoisotopic (exact) mass is 644 g/mol. The third-order valence-electron chi connectivity index (χ3n) is 8.39. The molecule has 3 aliphatic rings. The van der Waals surface area contributed by atoms with E-state index in [1.54, 1.807) is 26.0 Å². The number of azide groups is 1. The van der Waals surface area contributed by atoms with E-state index >= 15 is 0 Å². The molecule has 47 heavy (non-hydrogen) atoms.